The maximum Gasteiger partial charge on any atom is 0.169 e. The zero-order chi connectivity index (χ0) is 17.3. The van der Waals surface area contributed by atoms with Crippen molar-refractivity contribution in [3.8, 4) is 0 Å². The highest BCUT2D eigenvalue weighted by Gasteiger charge is 2.01. The van der Waals surface area contributed by atoms with Crippen LogP contribution in [0.25, 0.3) is 0 Å². The van der Waals surface area contributed by atoms with Gasteiger partial charge in [0, 0.05) is 18.6 Å². The van der Waals surface area contributed by atoms with E-state index in [0.29, 0.717) is 0 Å². The molecule has 1 rings (SSSR count). The molecule has 0 atom stereocenters. The van der Waals surface area contributed by atoms with Crippen LogP contribution in [0, 0.1) is 0 Å². The third-order valence-electron chi connectivity index (χ3n) is 5.05. The summed E-state index contributed by atoms with van der Waals surface area (Å²) in [4.78, 5) is 0. The summed E-state index contributed by atoms with van der Waals surface area (Å²) < 4.78 is 2.34. The van der Waals surface area contributed by atoms with E-state index in [1.54, 1.807) is 0 Å². The van der Waals surface area contributed by atoms with Crippen molar-refractivity contribution in [1.29, 1.82) is 0 Å². The van der Waals surface area contributed by atoms with Crippen LogP contribution in [0.3, 0.4) is 0 Å². The van der Waals surface area contributed by atoms with E-state index in [9.17, 15) is 0 Å². The zero-order valence-corrected chi connectivity index (χ0v) is 16.6. The number of unbranched alkanes of at least 4 members (excludes halogenated alkanes) is 12. The molecule has 0 fully saturated rings. The van der Waals surface area contributed by atoms with E-state index >= 15 is 0 Å². The van der Waals surface area contributed by atoms with Gasteiger partial charge in [-0.3, -0.25) is 0 Å². The van der Waals surface area contributed by atoms with Crippen molar-refractivity contribution in [2.45, 2.75) is 117 Å². The Morgan fingerprint density at radius 1 is 0.583 bits per heavy atom. The minimum absolute atomic E-state index is 1.18. The molecule has 1 aromatic heterocycles. The van der Waals surface area contributed by atoms with Crippen LogP contribution in [0.15, 0.2) is 24.5 Å². The van der Waals surface area contributed by atoms with Crippen molar-refractivity contribution >= 4 is 0 Å². The molecular formula is C23H42N+. The van der Waals surface area contributed by atoms with Crippen LogP contribution in [0.1, 0.15) is 109 Å². The topological polar surface area (TPSA) is 3.88 Å². The Labute approximate surface area is 151 Å². The van der Waals surface area contributed by atoms with Gasteiger partial charge in [0.1, 0.15) is 6.54 Å². The molecule has 0 aliphatic rings. The SMILES string of the molecule is CCCCCCCCCCCCc1cc[n+](CCCCCC)cc1. The Morgan fingerprint density at radius 2 is 1.04 bits per heavy atom. The molecule has 0 unspecified atom stereocenters. The average Bonchev–Trinajstić information content (AvgIpc) is 2.61. The van der Waals surface area contributed by atoms with Crippen molar-refractivity contribution in [3.63, 3.8) is 0 Å². The molecule has 0 aromatic carbocycles. The quantitative estimate of drug-likeness (QED) is 0.226. The van der Waals surface area contributed by atoms with Crippen LogP contribution in [0.4, 0.5) is 0 Å². The lowest BCUT2D eigenvalue weighted by molar-refractivity contribution is -0.697. The first kappa shape index (κ1) is 21.2. The fourth-order valence-corrected chi connectivity index (χ4v) is 3.34. The normalized spacial score (nSPS) is 11.1. The van der Waals surface area contributed by atoms with Crippen molar-refractivity contribution in [1.82, 2.24) is 0 Å². The number of aryl methyl sites for hydroxylation is 2. The predicted octanol–water partition coefficient (Wildman–Crippen LogP) is 7.02. The molecule has 0 bridgehead atoms. The fourth-order valence-electron chi connectivity index (χ4n) is 3.34. The van der Waals surface area contributed by atoms with Crippen molar-refractivity contribution in [2.75, 3.05) is 0 Å². The number of rotatable bonds is 16. The van der Waals surface area contributed by atoms with Gasteiger partial charge in [0.2, 0.25) is 0 Å². The highest BCUT2D eigenvalue weighted by atomic mass is 14.9. The predicted molar refractivity (Wildman–Crippen MR) is 106 cm³/mol. The van der Waals surface area contributed by atoms with E-state index in [-0.39, 0.29) is 0 Å². The van der Waals surface area contributed by atoms with Gasteiger partial charge in [-0.05, 0) is 24.8 Å². The number of hydrogen-bond donors (Lipinski definition) is 0. The summed E-state index contributed by atoms with van der Waals surface area (Å²) in [6.45, 7) is 5.74. The van der Waals surface area contributed by atoms with Gasteiger partial charge >= 0.3 is 0 Å². The highest BCUT2D eigenvalue weighted by molar-refractivity contribution is 5.07. The monoisotopic (exact) mass is 332 g/mol. The minimum Gasteiger partial charge on any atom is -0.205 e. The van der Waals surface area contributed by atoms with E-state index in [1.165, 1.54) is 108 Å². The molecule has 0 saturated heterocycles. The average molecular weight is 333 g/mol. The van der Waals surface area contributed by atoms with Crippen LogP contribution in [0.5, 0.6) is 0 Å². The van der Waals surface area contributed by atoms with Gasteiger partial charge in [-0.15, -0.1) is 0 Å². The van der Waals surface area contributed by atoms with Gasteiger partial charge in [-0.2, -0.15) is 0 Å². The minimum atomic E-state index is 1.18. The first-order valence-electron chi connectivity index (χ1n) is 10.8. The van der Waals surface area contributed by atoms with Crippen LogP contribution >= 0.6 is 0 Å². The van der Waals surface area contributed by atoms with E-state index < -0.39 is 0 Å². The van der Waals surface area contributed by atoms with E-state index in [4.69, 9.17) is 0 Å². The van der Waals surface area contributed by atoms with Crippen LogP contribution in [0.2, 0.25) is 0 Å². The molecule has 24 heavy (non-hydrogen) atoms. The molecule has 0 aliphatic heterocycles. The molecule has 0 saturated carbocycles. The highest BCUT2D eigenvalue weighted by Crippen LogP contribution is 2.12. The number of aromatic nitrogens is 1. The zero-order valence-electron chi connectivity index (χ0n) is 16.6. The Hall–Kier alpha value is -0.850. The summed E-state index contributed by atoms with van der Waals surface area (Å²) in [5.41, 5.74) is 1.51. The summed E-state index contributed by atoms with van der Waals surface area (Å²) in [6.07, 6.45) is 25.4. The Balaban J connectivity index is 1.97. The third-order valence-corrected chi connectivity index (χ3v) is 5.05. The van der Waals surface area contributed by atoms with Crippen molar-refractivity contribution < 1.29 is 4.57 Å². The van der Waals surface area contributed by atoms with Gasteiger partial charge in [0.05, 0.1) is 0 Å². The van der Waals surface area contributed by atoms with Crippen LogP contribution in [-0.4, -0.2) is 0 Å². The molecule has 1 heteroatoms. The van der Waals surface area contributed by atoms with E-state index in [0.717, 1.165) is 0 Å². The number of hydrogen-bond acceptors (Lipinski definition) is 0. The van der Waals surface area contributed by atoms with Gasteiger partial charge < -0.3 is 0 Å². The Morgan fingerprint density at radius 3 is 1.58 bits per heavy atom. The lowest BCUT2D eigenvalue weighted by atomic mass is 10.0. The van der Waals surface area contributed by atoms with E-state index in [2.05, 4.69) is 42.9 Å². The summed E-state index contributed by atoms with van der Waals surface area (Å²) in [5, 5.41) is 0. The van der Waals surface area contributed by atoms with Gasteiger partial charge in [-0.1, -0.05) is 84.5 Å². The molecule has 0 N–H and O–H groups in total. The second-order valence-electron chi connectivity index (χ2n) is 7.44. The van der Waals surface area contributed by atoms with Crippen molar-refractivity contribution in [2.24, 2.45) is 0 Å². The number of nitrogens with zero attached hydrogens (tertiary/aromatic N) is 1. The summed E-state index contributed by atoms with van der Waals surface area (Å²) in [5.74, 6) is 0. The molecule has 1 nitrogen and oxygen atoms in total. The fraction of sp³-hybridized carbons (Fsp3) is 0.783. The molecule has 1 heterocycles. The van der Waals surface area contributed by atoms with Crippen LogP contribution in [-0.2, 0) is 13.0 Å². The standard InChI is InChI=1S/C23H42N/c1-3-5-7-9-10-11-12-13-14-15-17-23-18-21-24(22-19-23)20-16-8-6-4-2/h18-19,21-22H,3-17,20H2,1-2H3/q+1. The molecule has 138 valence electrons. The number of pyridine rings is 1. The van der Waals surface area contributed by atoms with Gasteiger partial charge in [0.15, 0.2) is 12.4 Å². The third kappa shape index (κ3) is 11.6. The summed E-state index contributed by atoms with van der Waals surface area (Å²) in [7, 11) is 0. The molecule has 0 aliphatic carbocycles. The van der Waals surface area contributed by atoms with Gasteiger partial charge in [-0.25, -0.2) is 4.57 Å². The Bertz CT molecular complexity index is 368. The molecule has 0 amide bonds. The van der Waals surface area contributed by atoms with Crippen molar-refractivity contribution in [3.05, 3.63) is 30.1 Å². The van der Waals surface area contributed by atoms with Crippen LogP contribution < -0.4 is 4.57 Å². The molecular weight excluding hydrogens is 290 g/mol. The summed E-state index contributed by atoms with van der Waals surface area (Å²) in [6, 6.07) is 4.65. The van der Waals surface area contributed by atoms with Gasteiger partial charge in [0.25, 0.3) is 0 Å². The second-order valence-corrected chi connectivity index (χ2v) is 7.44. The molecule has 0 spiro atoms. The lowest BCUT2D eigenvalue weighted by Gasteiger charge is -2.03. The summed E-state index contributed by atoms with van der Waals surface area (Å²) >= 11 is 0. The first-order chi connectivity index (χ1) is 11.9. The lowest BCUT2D eigenvalue weighted by Crippen LogP contribution is -2.32. The van der Waals surface area contributed by atoms with E-state index in [1.807, 2.05) is 0 Å². The second kappa shape index (κ2) is 15.7. The maximum atomic E-state index is 2.34. The largest absolute Gasteiger partial charge is 0.205 e. The maximum absolute atomic E-state index is 2.34. The molecule has 1 aromatic rings. The smallest absolute Gasteiger partial charge is 0.169 e. The molecule has 0 radical (unpaired) electrons. The Kier molecular flexibility index (Phi) is 13.8. The first-order valence-corrected chi connectivity index (χ1v) is 10.8.